The Morgan fingerprint density at radius 3 is 2.57 bits per heavy atom. The van der Waals surface area contributed by atoms with Crippen molar-refractivity contribution >= 4 is 11.6 Å². The minimum absolute atomic E-state index is 0.00266. The van der Waals surface area contributed by atoms with Gasteiger partial charge in [-0.3, -0.25) is 4.79 Å². The molecule has 37 heavy (non-hydrogen) atoms. The Labute approximate surface area is 212 Å². The van der Waals surface area contributed by atoms with E-state index in [-0.39, 0.29) is 28.9 Å². The molecule has 1 aliphatic heterocycles. The normalized spacial score (nSPS) is 20.6. The van der Waals surface area contributed by atoms with Crippen molar-refractivity contribution in [1.82, 2.24) is 19.2 Å². The molecule has 0 saturated carbocycles. The summed E-state index contributed by atoms with van der Waals surface area (Å²) in [5.74, 6) is -0.442. The number of carbonyl (C=O) groups is 1. The highest BCUT2D eigenvalue weighted by Gasteiger charge is 2.35. The molecule has 9 heteroatoms. The van der Waals surface area contributed by atoms with Crippen molar-refractivity contribution in [3.8, 4) is 17.2 Å². The maximum Gasteiger partial charge on any atom is 0.417 e. The van der Waals surface area contributed by atoms with Gasteiger partial charge in [0.1, 0.15) is 5.65 Å². The standard InChI is InChI=1S/C28H26F3N5O/c1-18-13-19(15-32)3-6-22(18)25-16-33-26-8-5-21(17-36(25)26)23-7-4-20(14-24(23)28(29,30)31)27(37)35-11-9-34(2)10-12-35/h3-8,13-14,16-18,22H,9-12H2,1-2H3. The van der Waals surface area contributed by atoms with Gasteiger partial charge in [0.25, 0.3) is 5.91 Å². The van der Waals surface area contributed by atoms with Crippen LogP contribution in [0.1, 0.15) is 34.5 Å². The van der Waals surface area contributed by atoms with E-state index in [0.29, 0.717) is 43.0 Å². The summed E-state index contributed by atoms with van der Waals surface area (Å²) in [7, 11) is 1.95. The van der Waals surface area contributed by atoms with E-state index in [2.05, 4.69) is 16.0 Å². The van der Waals surface area contributed by atoms with Crippen molar-refractivity contribution in [1.29, 1.82) is 5.26 Å². The van der Waals surface area contributed by atoms with E-state index in [1.807, 2.05) is 26.1 Å². The molecule has 2 aromatic heterocycles. The average molecular weight is 506 g/mol. The van der Waals surface area contributed by atoms with Crippen molar-refractivity contribution in [2.24, 2.45) is 5.92 Å². The summed E-state index contributed by atoms with van der Waals surface area (Å²) in [6.45, 7) is 4.33. The Hall–Kier alpha value is -3.90. The molecule has 1 saturated heterocycles. The number of allylic oxidation sites excluding steroid dienone is 4. The lowest BCUT2D eigenvalue weighted by Gasteiger charge is -2.32. The van der Waals surface area contributed by atoms with Crippen LogP contribution < -0.4 is 0 Å². The van der Waals surface area contributed by atoms with Gasteiger partial charge in [0.05, 0.1) is 11.6 Å². The molecular formula is C28H26F3N5O. The van der Waals surface area contributed by atoms with Gasteiger partial charge in [-0.25, -0.2) is 4.98 Å². The summed E-state index contributed by atoms with van der Waals surface area (Å²) in [5, 5.41) is 9.19. The van der Waals surface area contributed by atoms with Gasteiger partial charge >= 0.3 is 6.18 Å². The van der Waals surface area contributed by atoms with Crippen LogP contribution in [0.4, 0.5) is 13.2 Å². The Balaban J connectivity index is 1.53. The Morgan fingerprint density at radius 1 is 1.14 bits per heavy atom. The van der Waals surface area contributed by atoms with E-state index in [1.165, 1.54) is 12.1 Å². The largest absolute Gasteiger partial charge is 0.417 e. The number of likely N-dealkylation sites (N-methyl/N-ethyl adjacent to an activating group) is 1. The van der Waals surface area contributed by atoms with Crippen LogP contribution in [0.5, 0.6) is 0 Å². The highest BCUT2D eigenvalue weighted by molar-refractivity contribution is 5.95. The number of halogens is 3. The van der Waals surface area contributed by atoms with Crippen molar-refractivity contribution in [3.05, 3.63) is 83.3 Å². The highest BCUT2D eigenvalue weighted by atomic mass is 19.4. The summed E-state index contributed by atoms with van der Waals surface area (Å²) in [6.07, 6.45) is 4.31. The van der Waals surface area contributed by atoms with Crippen molar-refractivity contribution < 1.29 is 18.0 Å². The van der Waals surface area contributed by atoms with E-state index in [9.17, 15) is 23.2 Å². The maximum atomic E-state index is 14.2. The molecule has 1 amide bonds. The Kier molecular flexibility index (Phi) is 6.38. The number of aromatic nitrogens is 2. The zero-order valence-electron chi connectivity index (χ0n) is 20.5. The molecule has 0 bridgehead atoms. The fourth-order valence-electron chi connectivity index (χ4n) is 5.03. The monoisotopic (exact) mass is 505 g/mol. The predicted octanol–water partition coefficient (Wildman–Crippen LogP) is 5.15. The number of imidazole rings is 1. The third kappa shape index (κ3) is 4.77. The zero-order valence-corrected chi connectivity index (χ0v) is 20.5. The van der Waals surface area contributed by atoms with Crippen LogP contribution >= 0.6 is 0 Å². The summed E-state index contributed by atoms with van der Waals surface area (Å²) in [4.78, 5) is 21.1. The highest BCUT2D eigenvalue weighted by Crippen LogP contribution is 2.39. The molecule has 0 N–H and O–H groups in total. The van der Waals surface area contributed by atoms with Crippen molar-refractivity contribution in [2.45, 2.75) is 19.0 Å². The molecule has 2 aliphatic rings. The number of fused-ring (bicyclic) bond motifs is 1. The Bertz CT molecular complexity index is 1450. The van der Waals surface area contributed by atoms with Crippen LogP contribution in [-0.4, -0.2) is 58.3 Å². The molecule has 2 atom stereocenters. The van der Waals surface area contributed by atoms with Crippen LogP contribution in [0.15, 0.2) is 66.5 Å². The number of pyridine rings is 1. The van der Waals surface area contributed by atoms with Gasteiger partial charge in [0, 0.05) is 61.3 Å². The fraction of sp³-hybridized carbons (Fsp3) is 0.321. The minimum atomic E-state index is -4.64. The SMILES string of the molecule is CC1C=C(C#N)C=CC1c1cnc2ccc(-c3ccc(C(=O)N4CCN(C)CC4)cc3C(F)(F)F)cn12. The third-order valence-corrected chi connectivity index (χ3v) is 7.17. The molecule has 5 rings (SSSR count). The van der Waals surface area contributed by atoms with Gasteiger partial charge in [-0.15, -0.1) is 0 Å². The first-order valence-corrected chi connectivity index (χ1v) is 12.1. The van der Waals surface area contributed by atoms with Gasteiger partial charge in [-0.1, -0.05) is 25.1 Å². The number of rotatable bonds is 3. The number of nitrogens with zero attached hydrogens (tertiary/aromatic N) is 5. The van der Waals surface area contributed by atoms with Crippen LogP contribution in [-0.2, 0) is 6.18 Å². The maximum absolute atomic E-state index is 14.2. The lowest BCUT2D eigenvalue weighted by Crippen LogP contribution is -2.47. The lowest BCUT2D eigenvalue weighted by atomic mass is 9.85. The summed E-state index contributed by atoms with van der Waals surface area (Å²) < 4.78 is 44.5. The summed E-state index contributed by atoms with van der Waals surface area (Å²) in [5.41, 5.74) is 1.59. The minimum Gasteiger partial charge on any atom is -0.336 e. The number of benzene rings is 1. The van der Waals surface area contributed by atoms with E-state index in [0.717, 1.165) is 11.8 Å². The van der Waals surface area contributed by atoms with Crippen molar-refractivity contribution in [2.75, 3.05) is 33.2 Å². The molecular weight excluding hydrogens is 479 g/mol. The van der Waals surface area contributed by atoms with Gasteiger partial charge < -0.3 is 14.2 Å². The van der Waals surface area contributed by atoms with Gasteiger partial charge in [0.15, 0.2) is 0 Å². The average Bonchev–Trinajstić information content (AvgIpc) is 3.30. The van der Waals surface area contributed by atoms with Gasteiger partial charge in [-0.2, -0.15) is 18.4 Å². The molecule has 190 valence electrons. The van der Waals surface area contributed by atoms with Crippen LogP contribution in [0.25, 0.3) is 16.8 Å². The van der Waals surface area contributed by atoms with E-state index in [4.69, 9.17) is 0 Å². The predicted molar refractivity (Wildman–Crippen MR) is 134 cm³/mol. The number of hydrogen-bond acceptors (Lipinski definition) is 4. The first-order valence-electron chi connectivity index (χ1n) is 12.1. The molecule has 6 nitrogen and oxygen atoms in total. The number of hydrogen-bond donors (Lipinski definition) is 0. The van der Waals surface area contributed by atoms with Crippen LogP contribution in [0.3, 0.4) is 0 Å². The molecule has 2 unspecified atom stereocenters. The van der Waals surface area contributed by atoms with Gasteiger partial charge in [-0.05, 0) is 54.4 Å². The topological polar surface area (TPSA) is 64.6 Å². The smallest absolute Gasteiger partial charge is 0.336 e. The molecule has 0 radical (unpaired) electrons. The molecule has 0 spiro atoms. The summed E-state index contributed by atoms with van der Waals surface area (Å²) in [6, 6.07) is 9.28. The Morgan fingerprint density at radius 2 is 1.89 bits per heavy atom. The van der Waals surface area contributed by atoms with E-state index < -0.39 is 11.7 Å². The zero-order chi connectivity index (χ0) is 26.3. The number of nitriles is 1. The second-order valence-electron chi connectivity index (χ2n) is 9.66. The van der Waals surface area contributed by atoms with E-state index in [1.54, 1.807) is 39.9 Å². The fourth-order valence-corrected chi connectivity index (χ4v) is 5.03. The van der Waals surface area contributed by atoms with Crippen LogP contribution in [0, 0.1) is 17.2 Å². The number of carbonyl (C=O) groups excluding carboxylic acids is 1. The number of alkyl halides is 3. The molecule has 1 aliphatic carbocycles. The molecule has 1 fully saturated rings. The third-order valence-electron chi connectivity index (χ3n) is 7.17. The number of piperazine rings is 1. The lowest BCUT2D eigenvalue weighted by molar-refractivity contribution is -0.137. The second-order valence-corrected chi connectivity index (χ2v) is 9.66. The molecule has 1 aromatic carbocycles. The second kappa shape index (κ2) is 9.52. The number of amides is 1. The molecule has 3 aromatic rings. The van der Waals surface area contributed by atoms with Crippen LogP contribution in [0.2, 0.25) is 0 Å². The first-order chi connectivity index (χ1) is 17.7. The summed E-state index contributed by atoms with van der Waals surface area (Å²) >= 11 is 0. The van der Waals surface area contributed by atoms with Gasteiger partial charge in [0.2, 0.25) is 0 Å². The quantitative estimate of drug-likeness (QED) is 0.494. The first kappa shape index (κ1) is 24.8. The van der Waals surface area contributed by atoms with E-state index >= 15 is 0 Å². The molecule has 3 heterocycles. The van der Waals surface area contributed by atoms with Crippen molar-refractivity contribution in [3.63, 3.8) is 0 Å².